The maximum absolute atomic E-state index is 12.4. The monoisotopic (exact) mass is 308 g/mol. The molecule has 116 valence electrons. The first-order chi connectivity index (χ1) is 10.0. The number of hydrogen-bond acceptors (Lipinski definition) is 4. The van der Waals surface area contributed by atoms with E-state index in [1.165, 1.54) is 0 Å². The summed E-state index contributed by atoms with van der Waals surface area (Å²) in [5, 5.41) is 0. The van der Waals surface area contributed by atoms with Crippen molar-refractivity contribution in [3.05, 3.63) is 23.8 Å². The van der Waals surface area contributed by atoms with E-state index in [9.17, 15) is 4.79 Å². The Balaban J connectivity index is 2.02. The lowest BCUT2D eigenvalue weighted by molar-refractivity contribution is -0.134. The number of nitrogens with two attached hydrogens (primary N) is 1. The lowest BCUT2D eigenvalue weighted by atomic mass is 10.1. The zero-order valence-electron chi connectivity index (χ0n) is 13.0. The first-order valence-corrected chi connectivity index (χ1v) is 8.49. The Hall–Kier alpha value is -1.20. The fraction of sp³-hybridized carbons (Fsp3) is 0.562. The standard InChI is InChI=1S/C16H24N2O2S/c1-18(16(19)12-5-6-13(17)9-12)10-11-4-7-15(21-3)14(8-11)20-2/h4,7-8,12-13H,5-6,9-10,17H2,1-3H3. The summed E-state index contributed by atoms with van der Waals surface area (Å²) in [4.78, 5) is 15.3. The highest BCUT2D eigenvalue weighted by atomic mass is 32.2. The van der Waals surface area contributed by atoms with Crippen molar-refractivity contribution in [1.29, 1.82) is 0 Å². The van der Waals surface area contributed by atoms with Crippen molar-refractivity contribution < 1.29 is 9.53 Å². The first-order valence-electron chi connectivity index (χ1n) is 7.26. The van der Waals surface area contributed by atoms with Crippen LogP contribution in [0.5, 0.6) is 5.75 Å². The summed E-state index contributed by atoms with van der Waals surface area (Å²) in [7, 11) is 3.54. The molecule has 1 amide bonds. The zero-order valence-corrected chi connectivity index (χ0v) is 13.8. The Morgan fingerprint density at radius 1 is 1.48 bits per heavy atom. The summed E-state index contributed by atoms with van der Waals surface area (Å²) >= 11 is 1.66. The van der Waals surface area contributed by atoms with E-state index in [4.69, 9.17) is 10.5 Å². The molecule has 0 spiro atoms. The number of thioether (sulfide) groups is 1. The average Bonchev–Trinajstić information content (AvgIpc) is 2.92. The Labute approximate surface area is 131 Å². The molecule has 0 bridgehead atoms. The van der Waals surface area contributed by atoms with Gasteiger partial charge in [-0.2, -0.15) is 0 Å². The predicted molar refractivity (Wildman–Crippen MR) is 86.6 cm³/mol. The molecular weight excluding hydrogens is 284 g/mol. The minimum Gasteiger partial charge on any atom is -0.496 e. The largest absolute Gasteiger partial charge is 0.496 e. The minimum atomic E-state index is 0.0948. The summed E-state index contributed by atoms with van der Waals surface area (Å²) in [5.74, 6) is 1.16. The second kappa shape index (κ2) is 7.18. The number of carbonyl (C=O) groups is 1. The van der Waals surface area contributed by atoms with Gasteiger partial charge in [-0.05, 0) is 43.2 Å². The third kappa shape index (κ3) is 3.92. The van der Waals surface area contributed by atoms with E-state index in [0.29, 0.717) is 6.54 Å². The second-order valence-electron chi connectivity index (χ2n) is 5.65. The number of methoxy groups -OCH3 is 1. The summed E-state index contributed by atoms with van der Waals surface area (Å²) in [6, 6.07) is 6.30. The fourth-order valence-electron chi connectivity index (χ4n) is 2.88. The Morgan fingerprint density at radius 3 is 2.81 bits per heavy atom. The van der Waals surface area contributed by atoms with Gasteiger partial charge in [0.1, 0.15) is 5.75 Å². The maximum atomic E-state index is 12.4. The molecule has 1 fully saturated rings. The number of benzene rings is 1. The van der Waals surface area contributed by atoms with E-state index in [0.717, 1.165) is 35.5 Å². The van der Waals surface area contributed by atoms with Crippen molar-refractivity contribution in [2.75, 3.05) is 20.4 Å². The fourth-order valence-corrected chi connectivity index (χ4v) is 3.43. The molecule has 0 radical (unpaired) electrons. The van der Waals surface area contributed by atoms with E-state index in [2.05, 4.69) is 6.07 Å². The first kappa shape index (κ1) is 16.2. The molecule has 1 saturated carbocycles. The van der Waals surface area contributed by atoms with Crippen molar-refractivity contribution >= 4 is 17.7 Å². The molecule has 2 rings (SSSR count). The van der Waals surface area contributed by atoms with Crippen LogP contribution in [0.25, 0.3) is 0 Å². The Bertz CT molecular complexity index is 507. The number of nitrogens with zero attached hydrogens (tertiary/aromatic N) is 1. The van der Waals surface area contributed by atoms with Gasteiger partial charge in [-0.25, -0.2) is 0 Å². The predicted octanol–water partition coefficient (Wildman–Crippen LogP) is 2.50. The number of hydrogen-bond donors (Lipinski definition) is 1. The molecule has 2 N–H and O–H groups in total. The van der Waals surface area contributed by atoms with Crippen LogP contribution < -0.4 is 10.5 Å². The SMILES string of the molecule is COc1cc(CN(C)C(=O)C2CCC(N)C2)ccc1SC. The highest BCUT2D eigenvalue weighted by molar-refractivity contribution is 7.98. The summed E-state index contributed by atoms with van der Waals surface area (Å²) in [6.45, 7) is 0.607. The molecule has 0 aliphatic heterocycles. The van der Waals surface area contributed by atoms with Gasteiger partial charge in [-0.3, -0.25) is 4.79 Å². The van der Waals surface area contributed by atoms with Crippen molar-refractivity contribution in [1.82, 2.24) is 4.90 Å². The molecular formula is C16H24N2O2S. The maximum Gasteiger partial charge on any atom is 0.225 e. The van der Waals surface area contributed by atoms with Crippen molar-refractivity contribution in [2.24, 2.45) is 11.7 Å². The lowest BCUT2D eigenvalue weighted by Crippen LogP contribution is -2.32. The van der Waals surface area contributed by atoms with Crippen molar-refractivity contribution in [3.63, 3.8) is 0 Å². The number of amides is 1. The molecule has 21 heavy (non-hydrogen) atoms. The lowest BCUT2D eigenvalue weighted by Gasteiger charge is -2.21. The second-order valence-corrected chi connectivity index (χ2v) is 6.50. The van der Waals surface area contributed by atoms with Crippen LogP contribution in [0.15, 0.2) is 23.1 Å². The average molecular weight is 308 g/mol. The van der Waals surface area contributed by atoms with Crippen LogP contribution >= 0.6 is 11.8 Å². The number of ether oxygens (including phenoxy) is 1. The van der Waals surface area contributed by atoms with Crippen LogP contribution in [0, 0.1) is 5.92 Å². The van der Waals surface area contributed by atoms with Gasteiger partial charge < -0.3 is 15.4 Å². The minimum absolute atomic E-state index is 0.0948. The summed E-state index contributed by atoms with van der Waals surface area (Å²) < 4.78 is 5.39. The van der Waals surface area contributed by atoms with E-state index in [1.54, 1.807) is 23.8 Å². The molecule has 5 heteroatoms. The molecule has 0 aromatic heterocycles. The summed E-state index contributed by atoms with van der Waals surface area (Å²) in [5.41, 5.74) is 6.98. The molecule has 4 nitrogen and oxygen atoms in total. The third-order valence-electron chi connectivity index (χ3n) is 4.07. The number of rotatable bonds is 5. The zero-order chi connectivity index (χ0) is 15.4. The van der Waals surface area contributed by atoms with Crippen LogP contribution in [0.3, 0.4) is 0 Å². The molecule has 2 unspecified atom stereocenters. The molecule has 1 aliphatic carbocycles. The molecule has 2 atom stereocenters. The highest BCUT2D eigenvalue weighted by Gasteiger charge is 2.29. The van der Waals surface area contributed by atoms with Gasteiger partial charge in [0, 0.05) is 30.4 Å². The van der Waals surface area contributed by atoms with Crippen LogP contribution in [0.2, 0.25) is 0 Å². The van der Waals surface area contributed by atoms with Gasteiger partial charge in [0.15, 0.2) is 0 Å². The molecule has 1 aromatic rings. The highest BCUT2D eigenvalue weighted by Crippen LogP contribution is 2.29. The van der Waals surface area contributed by atoms with Crippen LogP contribution in [-0.2, 0) is 11.3 Å². The molecule has 1 aliphatic rings. The number of carbonyl (C=O) groups excluding carboxylic acids is 1. The van der Waals surface area contributed by atoms with Crippen LogP contribution in [0.1, 0.15) is 24.8 Å². The van der Waals surface area contributed by atoms with Gasteiger partial charge in [0.2, 0.25) is 5.91 Å². The quantitative estimate of drug-likeness (QED) is 0.849. The van der Waals surface area contributed by atoms with Gasteiger partial charge in [0.25, 0.3) is 0 Å². The van der Waals surface area contributed by atoms with Crippen molar-refractivity contribution in [2.45, 2.75) is 36.7 Å². The van der Waals surface area contributed by atoms with E-state index in [1.807, 2.05) is 25.4 Å². The Morgan fingerprint density at radius 2 is 2.24 bits per heavy atom. The van der Waals surface area contributed by atoms with Crippen LogP contribution in [-0.4, -0.2) is 37.3 Å². The van der Waals surface area contributed by atoms with Gasteiger partial charge in [-0.1, -0.05) is 6.07 Å². The van der Waals surface area contributed by atoms with Crippen LogP contribution in [0.4, 0.5) is 0 Å². The molecule has 0 heterocycles. The smallest absolute Gasteiger partial charge is 0.225 e. The molecule has 0 saturated heterocycles. The Kier molecular flexibility index (Phi) is 5.53. The topological polar surface area (TPSA) is 55.6 Å². The third-order valence-corrected chi connectivity index (χ3v) is 4.84. The normalized spacial score (nSPS) is 21.3. The summed E-state index contributed by atoms with van der Waals surface area (Å²) in [6.07, 6.45) is 4.72. The van der Waals surface area contributed by atoms with Gasteiger partial charge in [0.05, 0.1) is 7.11 Å². The van der Waals surface area contributed by atoms with E-state index in [-0.39, 0.29) is 17.9 Å². The van der Waals surface area contributed by atoms with Gasteiger partial charge in [-0.15, -0.1) is 11.8 Å². The van der Waals surface area contributed by atoms with E-state index >= 15 is 0 Å². The van der Waals surface area contributed by atoms with E-state index < -0.39 is 0 Å². The van der Waals surface area contributed by atoms with Gasteiger partial charge >= 0.3 is 0 Å². The van der Waals surface area contributed by atoms with Crippen molar-refractivity contribution in [3.8, 4) is 5.75 Å². The molecule has 1 aromatic carbocycles.